The number of thiophene rings is 1. The minimum atomic E-state index is -0.705. The Kier molecular flexibility index (Phi) is 4.84. The molecule has 0 unspecified atom stereocenters. The number of hydrogen-bond donors (Lipinski definition) is 2. The summed E-state index contributed by atoms with van der Waals surface area (Å²) in [5, 5.41) is 13.2. The van der Waals surface area contributed by atoms with Crippen LogP contribution < -0.4 is 5.32 Å². The summed E-state index contributed by atoms with van der Waals surface area (Å²) in [6.45, 7) is 5.53. The number of nitrogens with one attached hydrogen (secondary N) is 1. The second kappa shape index (κ2) is 6.56. The molecule has 0 saturated heterocycles. The van der Waals surface area contributed by atoms with Crippen molar-refractivity contribution >= 4 is 17.3 Å². The van der Waals surface area contributed by atoms with E-state index in [4.69, 9.17) is 0 Å². The zero-order chi connectivity index (χ0) is 16.6. The Morgan fingerprint density at radius 2 is 2.09 bits per heavy atom. The van der Waals surface area contributed by atoms with Gasteiger partial charge in [0, 0.05) is 9.75 Å². The van der Waals surface area contributed by atoms with Gasteiger partial charge in [0.2, 0.25) is 0 Å². The second-order valence-electron chi connectivity index (χ2n) is 8.10. The van der Waals surface area contributed by atoms with E-state index in [9.17, 15) is 9.90 Å². The van der Waals surface area contributed by atoms with Crippen LogP contribution in [0.2, 0.25) is 0 Å². The van der Waals surface area contributed by atoms with E-state index in [1.807, 2.05) is 18.4 Å². The number of fused-ring (bicyclic) bond motifs is 1. The van der Waals surface area contributed by atoms with Crippen LogP contribution in [0.25, 0.3) is 0 Å². The third-order valence-corrected chi connectivity index (χ3v) is 7.15. The van der Waals surface area contributed by atoms with Gasteiger partial charge in [-0.25, -0.2) is 4.79 Å². The smallest absolute Gasteiger partial charge is 0.337 e. The topological polar surface area (TPSA) is 49.3 Å². The van der Waals surface area contributed by atoms with Crippen LogP contribution >= 0.6 is 11.3 Å². The molecule has 1 heterocycles. The first kappa shape index (κ1) is 17.0. The molecule has 2 aliphatic carbocycles. The molecule has 4 heteroatoms. The predicted octanol–water partition coefficient (Wildman–Crippen LogP) is 4.45. The molecule has 0 bridgehead atoms. The molecule has 0 aromatic carbocycles. The molecular formula is C19H29NO2S. The highest BCUT2D eigenvalue weighted by Crippen LogP contribution is 2.48. The summed E-state index contributed by atoms with van der Waals surface area (Å²) >= 11 is 1.82. The monoisotopic (exact) mass is 335 g/mol. The fourth-order valence-corrected chi connectivity index (χ4v) is 6.04. The molecule has 1 fully saturated rings. The number of carboxylic acids is 1. The number of carbonyl (C=O) groups is 1. The lowest BCUT2D eigenvalue weighted by atomic mass is 9.74. The van der Waals surface area contributed by atoms with Gasteiger partial charge in [0.15, 0.2) is 0 Å². The Hall–Kier alpha value is -0.870. The van der Waals surface area contributed by atoms with Crippen LogP contribution in [-0.4, -0.2) is 24.7 Å². The molecule has 3 nitrogen and oxygen atoms in total. The number of rotatable bonds is 4. The third kappa shape index (κ3) is 3.34. The molecule has 0 spiro atoms. The van der Waals surface area contributed by atoms with Crippen LogP contribution in [0, 0.1) is 11.3 Å². The molecule has 2 aliphatic rings. The van der Waals surface area contributed by atoms with Crippen LogP contribution in [0.15, 0.2) is 0 Å². The van der Waals surface area contributed by atoms with Crippen molar-refractivity contribution in [2.24, 2.45) is 11.3 Å². The van der Waals surface area contributed by atoms with Gasteiger partial charge in [-0.15, -0.1) is 11.3 Å². The Bertz CT molecular complexity index is 588. The summed E-state index contributed by atoms with van der Waals surface area (Å²) in [6, 6.07) is 0. The molecule has 1 aromatic heterocycles. The molecule has 0 radical (unpaired) electrons. The van der Waals surface area contributed by atoms with E-state index in [1.165, 1.54) is 35.4 Å². The van der Waals surface area contributed by atoms with E-state index in [0.717, 1.165) is 31.4 Å². The van der Waals surface area contributed by atoms with Crippen molar-refractivity contribution in [3.05, 3.63) is 20.9 Å². The number of hydrogen-bond acceptors (Lipinski definition) is 3. The van der Waals surface area contributed by atoms with E-state index in [0.29, 0.717) is 17.4 Å². The van der Waals surface area contributed by atoms with Crippen molar-refractivity contribution in [3.8, 4) is 0 Å². The maximum absolute atomic E-state index is 12.1. The maximum Gasteiger partial charge on any atom is 0.337 e. The number of carboxylic acid groups (broad SMARTS) is 1. The highest BCUT2D eigenvalue weighted by atomic mass is 32.1. The van der Waals surface area contributed by atoms with Gasteiger partial charge in [-0.3, -0.25) is 0 Å². The van der Waals surface area contributed by atoms with Gasteiger partial charge in [0.05, 0.1) is 5.56 Å². The average molecular weight is 336 g/mol. The highest BCUT2D eigenvalue weighted by molar-refractivity contribution is 7.12. The van der Waals surface area contributed by atoms with Crippen molar-refractivity contribution in [3.63, 3.8) is 0 Å². The summed E-state index contributed by atoms with van der Waals surface area (Å²) in [5.74, 6) is 0.310. The first-order valence-electron chi connectivity index (χ1n) is 8.95. The lowest BCUT2D eigenvalue weighted by molar-refractivity contribution is 0.0692. The van der Waals surface area contributed by atoms with Crippen molar-refractivity contribution in [1.82, 2.24) is 5.32 Å². The summed E-state index contributed by atoms with van der Waals surface area (Å²) < 4.78 is 0. The van der Waals surface area contributed by atoms with Crippen LogP contribution in [0.5, 0.6) is 0 Å². The summed E-state index contributed by atoms with van der Waals surface area (Å²) in [7, 11) is 2.01. The van der Waals surface area contributed by atoms with Gasteiger partial charge in [-0.1, -0.05) is 26.7 Å². The standard InChI is InChI=1S/C19H29NO2S/c1-19(2)9-8-15-14(10-19)16(18(21)22)17(23-15)13-7-5-4-6-12(13)11-20-3/h12-13,20H,4-11H2,1-3H3,(H,21,22)/t12-,13+/m1/s1. The molecule has 2 atom stereocenters. The normalized spacial score (nSPS) is 26.7. The molecular weight excluding hydrogens is 306 g/mol. The maximum atomic E-state index is 12.1. The van der Waals surface area contributed by atoms with Gasteiger partial charge in [0.1, 0.15) is 0 Å². The molecule has 0 aliphatic heterocycles. The molecule has 1 aromatic rings. The molecule has 128 valence electrons. The lowest BCUT2D eigenvalue weighted by Crippen LogP contribution is -2.28. The Balaban J connectivity index is 2.02. The van der Waals surface area contributed by atoms with E-state index in [1.54, 1.807) is 0 Å². The van der Waals surface area contributed by atoms with E-state index >= 15 is 0 Å². The SMILES string of the molecule is CNC[C@H]1CCCC[C@@H]1c1sc2c(c1C(=O)O)CC(C)(C)CC2. The molecule has 2 N–H and O–H groups in total. The first-order chi connectivity index (χ1) is 10.9. The quantitative estimate of drug-likeness (QED) is 0.854. The van der Waals surface area contributed by atoms with Gasteiger partial charge < -0.3 is 10.4 Å². The van der Waals surface area contributed by atoms with Crippen LogP contribution in [-0.2, 0) is 12.8 Å². The summed E-state index contributed by atoms with van der Waals surface area (Å²) in [4.78, 5) is 14.6. The van der Waals surface area contributed by atoms with Gasteiger partial charge >= 0.3 is 5.97 Å². The zero-order valence-electron chi connectivity index (χ0n) is 14.6. The van der Waals surface area contributed by atoms with E-state index in [-0.39, 0.29) is 5.41 Å². The zero-order valence-corrected chi connectivity index (χ0v) is 15.4. The fraction of sp³-hybridized carbons (Fsp3) is 0.737. The summed E-state index contributed by atoms with van der Waals surface area (Å²) in [5.41, 5.74) is 2.06. The number of aryl methyl sites for hydroxylation is 1. The predicted molar refractivity (Wildman–Crippen MR) is 95.7 cm³/mol. The molecule has 0 amide bonds. The van der Waals surface area contributed by atoms with E-state index < -0.39 is 5.97 Å². The molecule has 23 heavy (non-hydrogen) atoms. The Morgan fingerprint density at radius 3 is 2.78 bits per heavy atom. The lowest BCUT2D eigenvalue weighted by Gasteiger charge is -2.31. The average Bonchev–Trinajstić information content (AvgIpc) is 2.85. The highest BCUT2D eigenvalue weighted by Gasteiger charge is 2.37. The van der Waals surface area contributed by atoms with Crippen molar-refractivity contribution in [2.45, 2.75) is 64.7 Å². The Labute approximate surface area is 143 Å². The van der Waals surface area contributed by atoms with Crippen LogP contribution in [0.4, 0.5) is 0 Å². The molecule has 3 rings (SSSR count). The minimum absolute atomic E-state index is 0.229. The third-order valence-electron chi connectivity index (χ3n) is 5.73. The van der Waals surface area contributed by atoms with Crippen molar-refractivity contribution < 1.29 is 9.90 Å². The minimum Gasteiger partial charge on any atom is -0.478 e. The number of aromatic carboxylic acids is 1. The van der Waals surface area contributed by atoms with Gasteiger partial charge in [-0.05, 0) is 68.5 Å². The van der Waals surface area contributed by atoms with Crippen LogP contribution in [0.1, 0.15) is 77.5 Å². The van der Waals surface area contributed by atoms with Crippen LogP contribution in [0.3, 0.4) is 0 Å². The largest absolute Gasteiger partial charge is 0.478 e. The van der Waals surface area contributed by atoms with Gasteiger partial charge in [0.25, 0.3) is 0 Å². The Morgan fingerprint density at radius 1 is 1.35 bits per heavy atom. The van der Waals surface area contributed by atoms with Gasteiger partial charge in [-0.2, -0.15) is 0 Å². The second-order valence-corrected chi connectivity index (χ2v) is 9.23. The molecule has 1 saturated carbocycles. The van der Waals surface area contributed by atoms with Crippen molar-refractivity contribution in [2.75, 3.05) is 13.6 Å². The first-order valence-corrected chi connectivity index (χ1v) is 9.77. The summed E-state index contributed by atoms with van der Waals surface area (Å²) in [6.07, 6.45) is 8.03. The van der Waals surface area contributed by atoms with Crippen molar-refractivity contribution in [1.29, 1.82) is 0 Å². The van der Waals surface area contributed by atoms with E-state index in [2.05, 4.69) is 19.2 Å². The fourth-order valence-electron chi connectivity index (χ4n) is 4.50.